The standard InChI is InChI=1S/C13H18Cl2N2/c1-13(2,3)17-7-10-9(12(17)6-16)4-8(14)5-11(10)15/h4-5,12H,6-7,16H2,1-3H3. The molecule has 2 nitrogen and oxygen atoms in total. The van der Waals surface area contributed by atoms with Crippen LogP contribution in [0.4, 0.5) is 0 Å². The zero-order chi connectivity index (χ0) is 12.8. The van der Waals surface area contributed by atoms with E-state index in [2.05, 4.69) is 25.7 Å². The number of nitrogens with two attached hydrogens (primary N) is 1. The maximum Gasteiger partial charge on any atom is 0.0483 e. The van der Waals surface area contributed by atoms with Gasteiger partial charge in [-0.05, 0) is 44.0 Å². The second-order valence-corrected chi connectivity index (χ2v) is 6.35. The average Bonchev–Trinajstić information content (AvgIpc) is 2.55. The van der Waals surface area contributed by atoms with Gasteiger partial charge in [0.2, 0.25) is 0 Å². The maximum atomic E-state index is 6.26. The van der Waals surface area contributed by atoms with Crippen molar-refractivity contribution >= 4 is 23.2 Å². The SMILES string of the molecule is CC(C)(C)N1Cc2c(Cl)cc(Cl)cc2C1CN. The molecule has 0 amide bonds. The van der Waals surface area contributed by atoms with Crippen LogP contribution < -0.4 is 5.73 Å². The summed E-state index contributed by atoms with van der Waals surface area (Å²) in [5, 5.41) is 1.43. The summed E-state index contributed by atoms with van der Waals surface area (Å²) in [7, 11) is 0. The van der Waals surface area contributed by atoms with Crippen molar-refractivity contribution in [2.45, 2.75) is 38.9 Å². The van der Waals surface area contributed by atoms with Crippen molar-refractivity contribution in [2.24, 2.45) is 5.73 Å². The van der Waals surface area contributed by atoms with Crippen molar-refractivity contribution in [3.05, 3.63) is 33.3 Å². The summed E-state index contributed by atoms with van der Waals surface area (Å²) in [6, 6.07) is 4.01. The summed E-state index contributed by atoms with van der Waals surface area (Å²) in [5.41, 5.74) is 8.32. The zero-order valence-corrected chi connectivity index (χ0v) is 11.9. The third kappa shape index (κ3) is 2.32. The molecule has 1 heterocycles. The molecule has 2 N–H and O–H groups in total. The number of hydrogen-bond donors (Lipinski definition) is 1. The third-order valence-corrected chi connectivity index (χ3v) is 3.90. The average molecular weight is 273 g/mol. The fourth-order valence-electron chi connectivity index (χ4n) is 2.49. The summed E-state index contributed by atoms with van der Waals surface area (Å²) in [6.07, 6.45) is 0. The number of halogens is 2. The van der Waals surface area contributed by atoms with Crippen LogP contribution >= 0.6 is 23.2 Å². The minimum Gasteiger partial charge on any atom is -0.329 e. The highest BCUT2D eigenvalue weighted by Gasteiger charge is 2.37. The number of hydrogen-bond acceptors (Lipinski definition) is 2. The molecule has 0 aromatic heterocycles. The highest BCUT2D eigenvalue weighted by Crippen LogP contribution is 2.42. The monoisotopic (exact) mass is 272 g/mol. The molecule has 0 saturated heterocycles. The molecule has 0 saturated carbocycles. The Labute approximate surface area is 113 Å². The fraction of sp³-hybridized carbons (Fsp3) is 0.538. The molecule has 1 atom stereocenters. The molecule has 0 radical (unpaired) electrons. The van der Waals surface area contributed by atoms with Crippen molar-refractivity contribution in [1.82, 2.24) is 4.90 Å². The number of benzene rings is 1. The molecule has 1 aromatic carbocycles. The van der Waals surface area contributed by atoms with Crippen molar-refractivity contribution in [2.75, 3.05) is 6.54 Å². The Balaban J connectivity index is 2.49. The molecular weight excluding hydrogens is 255 g/mol. The highest BCUT2D eigenvalue weighted by atomic mass is 35.5. The van der Waals surface area contributed by atoms with Crippen LogP contribution in [0.15, 0.2) is 12.1 Å². The summed E-state index contributed by atoms with van der Waals surface area (Å²) < 4.78 is 0. The van der Waals surface area contributed by atoms with E-state index in [1.807, 2.05) is 12.1 Å². The lowest BCUT2D eigenvalue weighted by Crippen LogP contribution is -2.42. The Morgan fingerprint density at radius 1 is 1.35 bits per heavy atom. The van der Waals surface area contributed by atoms with E-state index in [1.165, 1.54) is 11.1 Å². The van der Waals surface area contributed by atoms with Crippen LogP contribution in [0.25, 0.3) is 0 Å². The van der Waals surface area contributed by atoms with Crippen molar-refractivity contribution < 1.29 is 0 Å². The van der Waals surface area contributed by atoms with E-state index in [4.69, 9.17) is 28.9 Å². The molecule has 0 aliphatic carbocycles. The Morgan fingerprint density at radius 3 is 2.53 bits per heavy atom. The van der Waals surface area contributed by atoms with Crippen molar-refractivity contribution in [1.29, 1.82) is 0 Å². The first-order chi connectivity index (χ1) is 7.84. The van der Waals surface area contributed by atoms with Gasteiger partial charge < -0.3 is 5.73 Å². The van der Waals surface area contributed by atoms with Crippen molar-refractivity contribution in [3.8, 4) is 0 Å². The Morgan fingerprint density at radius 2 is 2.00 bits per heavy atom. The van der Waals surface area contributed by atoms with E-state index in [9.17, 15) is 0 Å². The van der Waals surface area contributed by atoms with Gasteiger partial charge in [0.1, 0.15) is 0 Å². The quantitative estimate of drug-likeness (QED) is 0.847. The van der Waals surface area contributed by atoms with E-state index in [-0.39, 0.29) is 11.6 Å². The van der Waals surface area contributed by atoms with E-state index in [1.54, 1.807) is 0 Å². The molecular formula is C13H18Cl2N2. The Kier molecular flexibility index (Phi) is 3.43. The van der Waals surface area contributed by atoms with Crippen LogP contribution in [0.3, 0.4) is 0 Å². The molecule has 17 heavy (non-hydrogen) atoms. The van der Waals surface area contributed by atoms with Crippen LogP contribution in [0, 0.1) is 0 Å². The van der Waals surface area contributed by atoms with E-state index >= 15 is 0 Å². The van der Waals surface area contributed by atoms with Gasteiger partial charge in [-0.25, -0.2) is 0 Å². The molecule has 2 rings (SSSR count). The first-order valence-electron chi connectivity index (χ1n) is 5.79. The Bertz CT molecular complexity index is 438. The van der Waals surface area contributed by atoms with Gasteiger partial charge in [0, 0.05) is 34.7 Å². The Hall–Kier alpha value is -0.280. The van der Waals surface area contributed by atoms with Crippen LogP contribution in [0.1, 0.15) is 37.9 Å². The second-order valence-electron chi connectivity index (χ2n) is 5.51. The summed E-state index contributed by atoms with van der Waals surface area (Å²) in [6.45, 7) is 8.00. The zero-order valence-electron chi connectivity index (χ0n) is 10.4. The van der Waals surface area contributed by atoms with Gasteiger partial charge in [-0.2, -0.15) is 0 Å². The topological polar surface area (TPSA) is 29.3 Å². The summed E-state index contributed by atoms with van der Waals surface area (Å²) in [5.74, 6) is 0. The molecule has 1 aliphatic rings. The second kappa shape index (κ2) is 4.43. The van der Waals surface area contributed by atoms with Gasteiger partial charge in [0.25, 0.3) is 0 Å². The van der Waals surface area contributed by atoms with Gasteiger partial charge in [-0.1, -0.05) is 23.2 Å². The van der Waals surface area contributed by atoms with Gasteiger partial charge >= 0.3 is 0 Å². The minimum atomic E-state index is 0.0683. The van der Waals surface area contributed by atoms with Gasteiger partial charge in [0.15, 0.2) is 0 Å². The van der Waals surface area contributed by atoms with Crippen LogP contribution in [0.5, 0.6) is 0 Å². The largest absolute Gasteiger partial charge is 0.329 e. The van der Waals surface area contributed by atoms with Crippen LogP contribution in [-0.4, -0.2) is 17.0 Å². The minimum absolute atomic E-state index is 0.0683. The summed E-state index contributed by atoms with van der Waals surface area (Å²) in [4.78, 5) is 2.37. The van der Waals surface area contributed by atoms with E-state index in [0.717, 1.165) is 11.6 Å². The fourth-order valence-corrected chi connectivity index (χ4v) is 3.06. The lowest BCUT2D eigenvalue weighted by atomic mass is 10.0. The molecule has 1 unspecified atom stereocenters. The summed E-state index contributed by atoms with van der Waals surface area (Å²) >= 11 is 12.3. The number of rotatable bonds is 1. The maximum absolute atomic E-state index is 6.26. The van der Waals surface area contributed by atoms with Gasteiger partial charge in [-0.15, -0.1) is 0 Å². The van der Waals surface area contributed by atoms with Gasteiger partial charge in [0.05, 0.1) is 0 Å². The first kappa shape index (κ1) is 13.2. The lowest BCUT2D eigenvalue weighted by Gasteiger charge is -2.36. The van der Waals surface area contributed by atoms with Crippen LogP contribution in [-0.2, 0) is 6.54 Å². The predicted molar refractivity (Wildman–Crippen MR) is 73.6 cm³/mol. The molecule has 0 spiro atoms. The predicted octanol–water partition coefficient (Wildman–Crippen LogP) is 3.61. The molecule has 1 aliphatic heterocycles. The van der Waals surface area contributed by atoms with Gasteiger partial charge in [-0.3, -0.25) is 4.90 Å². The smallest absolute Gasteiger partial charge is 0.0483 e. The normalized spacial score (nSPS) is 20.7. The third-order valence-electron chi connectivity index (χ3n) is 3.34. The van der Waals surface area contributed by atoms with Crippen molar-refractivity contribution in [3.63, 3.8) is 0 Å². The molecule has 4 heteroatoms. The number of fused-ring (bicyclic) bond motifs is 1. The number of nitrogens with zero attached hydrogens (tertiary/aromatic N) is 1. The molecule has 0 bridgehead atoms. The first-order valence-corrected chi connectivity index (χ1v) is 6.55. The molecule has 94 valence electrons. The lowest BCUT2D eigenvalue weighted by molar-refractivity contribution is 0.0949. The molecule has 0 fully saturated rings. The highest BCUT2D eigenvalue weighted by molar-refractivity contribution is 6.35. The van der Waals surface area contributed by atoms with E-state index in [0.29, 0.717) is 11.6 Å². The van der Waals surface area contributed by atoms with E-state index < -0.39 is 0 Å². The van der Waals surface area contributed by atoms with Crippen LogP contribution in [0.2, 0.25) is 10.0 Å². The molecule has 1 aromatic rings.